The number of nitrogens with zero attached hydrogens (tertiary/aromatic N) is 4. The summed E-state index contributed by atoms with van der Waals surface area (Å²) in [4.78, 5) is 50.9. The predicted molar refractivity (Wildman–Crippen MR) is 143 cm³/mol. The maximum absolute atomic E-state index is 12.6. The average molecular weight is 537 g/mol. The molecule has 1 aromatic carbocycles. The third-order valence-electron chi connectivity index (χ3n) is 6.27. The highest BCUT2D eigenvalue weighted by Gasteiger charge is 2.22. The molecule has 1 fully saturated rings. The number of aliphatic carboxylic acids is 1. The molecule has 10 nitrogen and oxygen atoms in total. The second-order valence-electron chi connectivity index (χ2n) is 9.28. The second kappa shape index (κ2) is 12.5. The molecule has 0 unspecified atom stereocenters. The maximum atomic E-state index is 12.6. The molecule has 11 heteroatoms. The fourth-order valence-corrected chi connectivity index (χ4v) is 4.66. The summed E-state index contributed by atoms with van der Waals surface area (Å²) < 4.78 is 0. The van der Waals surface area contributed by atoms with E-state index in [0.29, 0.717) is 29.3 Å². The number of hydrogen-bond acceptors (Lipinski definition) is 7. The number of pyridine rings is 1. The molecule has 0 atom stereocenters. The van der Waals surface area contributed by atoms with E-state index in [4.69, 9.17) is 11.6 Å². The summed E-state index contributed by atoms with van der Waals surface area (Å²) in [6.45, 7) is 0.0151. The molecule has 1 aliphatic carbocycles. The molecule has 1 aliphatic rings. The van der Waals surface area contributed by atoms with Crippen molar-refractivity contribution in [1.29, 1.82) is 0 Å². The van der Waals surface area contributed by atoms with Crippen LogP contribution < -0.4 is 15.5 Å². The van der Waals surface area contributed by atoms with Crippen molar-refractivity contribution >= 4 is 40.9 Å². The van der Waals surface area contributed by atoms with Gasteiger partial charge in [0.1, 0.15) is 16.8 Å². The highest BCUT2D eigenvalue weighted by molar-refractivity contribution is 6.30. The molecule has 38 heavy (non-hydrogen) atoms. The number of carboxylic acid groups (broad SMARTS) is 1. The number of carboxylic acids is 1. The summed E-state index contributed by atoms with van der Waals surface area (Å²) >= 11 is 6.41. The van der Waals surface area contributed by atoms with Crippen LogP contribution in [0.1, 0.15) is 53.0 Å². The van der Waals surface area contributed by atoms with Gasteiger partial charge in [-0.1, -0.05) is 36.6 Å². The molecule has 3 aromatic rings. The van der Waals surface area contributed by atoms with Gasteiger partial charge in [0.25, 0.3) is 5.91 Å². The first-order valence-corrected chi connectivity index (χ1v) is 12.7. The van der Waals surface area contributed by atoms with E-state index in [-0.39, 0.29) is 41.5 Å². The van der Waals surface area contributed by atoms with E-state index in [1.807, 2.05) is 12.1 Å². The Hall–Kier alpha value is -4.05. The number of aromatic nitrogens is 3. The summed E-state index contributed by atoms with van der Waals surface area (Å²) in [5, 5.41) is 15.3. The minimum Gasteiger partial charge on any atom is -0.481 e. The lowest BCUT2D eigenvalue weighted by atomic mass is 10.1. The van der Waals surface area contributed by atoms with Crippen LogP contribution in [0.5, 0.6) is 0 Å². The van der Waals surface area contributed by atoms with Gasteiger partial charge < -0.3 is 20.6 Å². The molecule has 0 radical (unpaired) electrons. The number of carbonyl (C=O) groups excluding carboxylic acids is 2. The molecule has 1 saturated carbocycles. The van der Waals surface area contributed by atoms with Gasteiger partial charge >= 0.3 is 5.97 Å². The minimum atomic E-state index is -1.07. The predicted octanol–water partition coefficient (Wildman–Crippen LogP) is 3.49. The van der Waals surface area contributed by atoms with E-state index in [1.54, 1.807) is 42.4 Å². The van der Waals surface area contributed by atoms with Crippen LogP contribution in [0.25, 0.3) is 0 Å². The molecule has 0 bridgehead atoms. The SMILES string of the molecule is CN(CC(=O)NC1CCCC1)c1nc(Cc2ccc(NC(=O)c3cccnc3)cc2)nc(Cl)c1CC(=O)O. The molecule has 198 valence electrons. The van der Waals surface area contributed by atoms with Crippen LogP contribution in [0.15, 0.2) is 48.8 Å². The molecular weight excluding hydrogens is 508 g/mol. The Morgan fingerprint density at radius 1 is 1.11 bits per heavy atom. The number of anilines is 2. The molecule has 4 rings (SSSR count). The minimum absolute atomic E-state index is 0.0151. The number of halogens is 1. The Morgan fingerprint density at radius 3 is 2.50 bits per heavy atom. The zero-order chi connectivity index (χ0) is 27.1. The molecule has 0 spiro atoms. The zero-order valence-corrected chi connectivity index (χ0v) is 21.7. The molecule has 2 aromatic heterocycles. The van der Waals surface area contributed by atoms with E-state index in [9.17, 15) is 19.5 Å². The lowest BCUT2D eigenvalue weighted by molar-refractivity contribution is -0.136. The van der Waals surface area contributed by atoms with Crippen LogP contribution in [0, 0.1) is 0 Å². The number of likely N-dealkylation sites (N-methyl/N-ethyl adjacent to an activating group) is 1. The molecule has 2 amide bonds. The van der Waals surface area contributed by atoms with Gasteiger partial charge in [-0.05, 0) is 42.7 Å². The van der Waals surface area contributed by atoms with Gasteiger partial charge in [-0.25, -0.2) is 9.97 Å². The second-order valence-corrected chi connectivity index (χ2v) is 9.64. The van der Waals surface area contributed by atoms with Crippen molar-refractivity contribution in [1.82, 2.24) is 20.3 Å². The average Bonchev–Trinajstić information content (AvgIpc) is 3.39. The highest BCUT2D eigenvalue weighted by atomic mass is 35.5. The summed E-state index contributed by atoms with van der Waals surface area (Å²) in [5.41, 5.74) is 2.19. The first kappa shape index (κ1) is 27.0. The Kier molecular flexibility index (Phi) is 8.85. The van der Waals surface area contributed by atoms with Crippen LogP contribution in [-0.4, -0.2) is 57.5 Å². The third kappa shape index (κ3) is 7.25. The van der Waals surface area contributed by atoms with Crippen LogP contribution >= 0.6 is 11.6 Å². The molecule has 0 aliphatic heterocycles. The summed E-state index contributed by atoms with van der Waals surface area (Å²) in [7, 11) is 1.68. The molecule has 2 heterocycles. The van der Waals surface area contributed by atoms with E-state index in [1.165, 1.54) is 6.20 Å². The topological polar surface area (TPSA) is 137 Å². The number of amides is 2. The lowest BCUT2D eigenvalue weighted by Gasteiger charge is -2.22. The fourth-order valence-electron chi connectivity index (χ4n) is 4.41. The highest BCUT2D eigenvalue weighted by Crippen LogP contribution is 2.26. The van der Waals surface area contributed by atoms with Crippen molar-refractivity contribution in [3.05, 3.63) is 76.5 Å². The molecular formula is C27H29ClN6O4. The Labute approximate surface area is 225 Å². The normalized spacial score (nSPS) is 13.2. The first-order chi connectivity index (χ1) is 18.3. The number of rotatable bonds is 10. The van der Waals surface area contributed by atoms with Crippen molar-refractivity contribution in [3.8, 4) is 0 Å². The van der Waals surface area contributed by atoms with E-state index >= 15 is 0 Å². The standard InChI is InChI=1S/C27H29ClN6O4/c1-34(16-23(35)30-19-6-2-3-7-19)26-21(14-24(36)37)25(28)32-22(33-26)13-17-8-10-20(11-9-17)31-27(38)18-5-4-12-29-15-18/h4-5,8-12,15,19H,2-3,6-7,13-14,16H2,1H3,(H,30,35)(H,31,38)(H,36,37). The zero-order valence-electron chi connectivity index (χ0n) is 21.0. The lowest BCUT2D eigenvalue weighted by Crippen LogP contribution is -2.40. The molecule has 3 N–H and O–H groups in total. The van der Waals surface area contributed by atoms with Crippen molar-refractivity contribution in [3.63, 3.8) is 0 Å². The first-order valence-electron chi connectivity index (χ1n) is 12.4. The van der Waals surface area contributed by atoms with Crippen molar-refractivity contribution in [2.45, 2.75) is 44.6 Å². The Balaban J connectivity index is 1.48. The Morgan fingerprint density at radius 2 is 1.84 bits per heavy atom. The van der Waals surface area contributed by atoms with E-state index < -0.39 is 5.97 Å². The fraction of sp³-hybridized carbons (Fsp3) is 0.333. The van der Waals surface area contributed by atoms with Gasteiger partial charge in [-0.2, -0.15) is 0 Å². The maximum Gasteiger partial charge on any atom is 0.308 e. The summed E-state index contributed by atoms with van der Waals surface area (Å²) in [5.74, 6) is -0.795. The van der Waals surface area contributed by atoms with Gasteiger partial charge in [0.15, 0.2) is 0 Å². The Bertz CT molecular complexity index is 1300. The quantitative estimate of drug-likeness (QED) is 0.335. The smallest absolute Gasteiger partial charge is 0.308 e. The van der Waals surface area contributed by atoms with Crippen molar-refractivity contribution in [2.24, 2.45) is 0 Å². The number of nitrogens with one attached hydrogen (secondary N) is 2. The molecule has 0 saturated heterocycles. The van der Waals surface area contributed by atoms with Gasteiger partial charge in [0, 0.05) is 43.2 Å². The third-order valence-corrected chi connectivity index (χ3v) is 6.58. The van der Waals surface area contributed by atoms with Crippen LogP contribution in [0.2, 0.25) is 5.15 Å². The monoisotopic (exact) mass is 536 g/mol. The van der Waals surface area contributed by atoms with Crippen molar-refractivity contribution < 1.29 is 19.5 Å². The number of carbonyl (C=O) groups is 3. The van der Waals surface area contributed by atoms with Crippen LogP contribution in [0.3, 0.4) is 0 Å². The van der Waals surface area contributed by atoms with Gasteiger partial charge in [-0.15, -0.1) is 0 Å². The number of hydrogen-bond donors (Lipinski definition) is 3. The van der Waals surface area contributed by atoms with E-state index in [2.05, 4.69) is 25.6 Å². The van der Waals surface area contributed by atoms with Gasteiger partial charge in [-0.3, -0.25) is 19.4 Å². The van der Waals surface area contributed by atoms with E-state index in [0.717, 1.165) is 31.2 Å². The van der Waals surface area contributed by atoms with Crippen LogP contribution in [0.4, 0.5) is 11.5 Å². The summed E-state index contributed by atoms with van der Waals surface area (Å²) in [6, 6.07) is 10.8. The van der Waals surface area contributed by atoms with Gasteiger partial charge in [0.05, 0.1) is 18.5 Å². The summed E-state index contributed by atoms with van der Waals surface area (Å²) in [6.07, 6.45) is 7.19. The van der Waals surface area contributed by atoms with Crippen molar-refractivity contribution in [2.75, 3.05) is 23.8 Å². The largest absolute Gasteiger partial charge is 0.481 e. The van der Waals surface area contributed by atoms with Crippen LogP contribution in [-0.2, 0) is 22.4 Å². The van der Waals surface area contributed by atoms with Gasteiger partial charge in [0.2, 0.25) is 5.91 Å². The number of benzene rings is 1.